The van der Waals surface area contributed by atoms with Gasteiger partial charge in [0.25, 0.3) is 0 Å². The second kappa shape index (κ2) is 8.42. The summed E-state index contributed by atoms with van der Waals surface area (Å²) in [5.41, 5.74) is 3.91. The van der Waals surface area contributed by atoms with E-state index in [0.29, 0.717) is 23.4 Å². The van der Waals surface area contributed by atoms with Gasteiger partial charge in [-0.2, -0.15) is 5.26 Å². The number of carbonyl (C=O) groups excluding carboxylic acids is 2. The number of fused-ring (bicyclic) bond motifs is 1. The second-order valence-electron chi connectivity index (χ2n) is 10.2. The molecule has 0 spiro atoms. The fraction of sp³-hybridized carbons (Fsp3) is 0.444. The number of ketones is 1. The monoisotopic (exact) mass is 478 g/mol. The Morgan fingerprint density at radius 2 is 1.94 bits per heavy atom. The van der Waals surface area contributed by atoms with Crippen molar-refractivity contribution < 1.29 is 9.59 Å². The summed E-state index contributed by atoms with van der Waals surface area (Å²) in [5, 5.41) is 11.4. The average molecular weight is 479 g/mol. The molecule has 6 heteroatoms. The number of anilines is 1. The molecule has 33 heavy (non-hydrogen) atoms. The normalized spacial score (nSPS) is 22.5. The van der Waals surface area contributed by atoms with Crippen LogP contribution in [0.2, 0.25) is 5.02 Å². The van der Waals surface area contributed by atoms with Gasteiger partial charge in [0, 0.05) is 39.9 Å². The highest BCUT2D eigenvalue weighted by molar-refractivity contribution is 7.16. The number of allylic oxidation sites excluding steroid dienone is 2. The number of hydrogen-bond donors (Lipinski definition) is 0. The Hall–Kier alpha value is -2.42. The standard InChI is InChI=1S/C27H27ClN2O2S/c1-27(2)13-21-25(22(31)14-27)19(16-7-6-8-17(28)11-16)12-24(32)30(21)26-20(15-29)18-9-4-3-5-10-23(18)33-26/h6-8,11,19H,3-5,9-10,12-14H2,1-2H3/t19-/m0/s1. The number of amides is 1. The largest absolute Gasteiger partial charge is 0.294 e. The molecule has 1 aromatic carbocycles. The van der Waals surface area contributed by atoms with Gasteiger partial charge in [0.1, 0.15) is 11.1 Å². The number of thiophene rings is 1. The van der Waals surface area contributed by atoms with Crippen LogP contribution in [0.15, 0.2) is 35.5 Å². The summed E-state index contributed by atoms with van der Waals surface area (Å²) in [6.45, 7) is 4.16. The van der Waals surface area contributed by atoms with E-state index in [1.807, 2.05) is 18.2 Å². The van der Waals surface area contributed by atoms with Gasteiger partial charge in [-0.15, -0.1) is 11.3 Å². The summed E-state index contributed by atoms with van der Waals surface area (Å²) in [6.07, 6.45) is 6.49. The van der Waals surface area contributed by atoms with Crippen LogP contribution in [-0.4, -0.2) is 11.7 Å². The lowest BCUT2D eigenvalue weighted by molar-refractivity contribution is -0.120. The number of aryl methyl sites for hydroxylation is 1. The van der Waals surface area contributed by atoms with Crippen LogP contribution < -0.4 is 4.90 Å². The van der Waals surface area contributed by atoms with E-state index in [1.165, 1.54) is 11.3 Å². The molecular weight excluding hydrogens is 452 g/mol. The Bertz CT molecular complexity index is 1230. The lowest BCUT2D eigenvalue weighted by atomic mass is 9.69. The van der Waals surface area contributed by atoms with Crippen LogP contribution in [0.5, 0.6) is 0 Å². The maximum absolute atomic E-state index is 13.7. The quantitative estimate of drug-likeness (QED) is 0.451. The van der Waals surface area contributed by atoms with Gasteiger partial charge in [-0.25, -0.2) is 0 Å². The molecule has 4 nitrogen and oxygen atoms in total. The van der Waals surface area contributed by atoms with E-state index in [-0.39, 0.29) is 29.4 Å². The van der Waals surface area contributed by atoms with Crippen molar-refractivity contribution in [1.29, 1.82) is 5.26 Å². The number of halogens is 1. The highest BCUT2D eigenvalue weighted by atomic mass is 35.5. The minimum Gasteiger partial charge on any atom is -0.294 e. The number of benzene rings is 1. The van der Waals surface area contributed by atoms with Crippen molar-refractivity contribution in [3.8, 4) is 6.07 Å². The van der Waals surface area contributed by atoms with Gasteiger partial charge in [-0.3, -0.25) is 14.5 Å². The molecule has 0 saturated carbocycles. The Morgan fingerprint density at radius 3 is 2.70 bits per heavy atom. The third-order valence-electron chi connectivity index (χ3n) is 7.11. The summed E-state index contributed by atoms with van der Waals surface area (Å²) in [6, 6.07) is 9.91. The minimum atomic E-state index is -0.297. The average Bonchev–Trinajstić information content (AvgIpc) is 2.92. The van der Waals surface area contributed by atoms with E-state index in [1.54, 1.807) is 22.3 Å². The molecule has 5 rings (SSSR count). The summed E-state index contributed by atoms with van der Waals surface area (Å²) in [7, 11) is 0. The van der Waals surface area contributed by atoms with Crippen molar-refractivity contribution in [2.24, 2.45) is 5.41 Å². The van der Waals surface area contributed by atoms with E-state index in [9.17, 15) is 14.9 Å². The fourth-order valence-corrected chi connectivity index (χ4v) is 7.24. The molecule has 0 bridgehead atoms. The first-order valence-electron chi connectivity index (χ1n) is 11.7. The van der Waals surface area contributed by atoms with Crippen LogP contribution in [0.1, 0.15) is 79.9 Å². The number of Topliss-reactive ketones (excluding diaryl/α,β-unsaturated/α-hetero) is 1. The highest BCUT2D eigenvalue weighted by Crippen LogP contribution is 2.51. The van der Waals surface area contributed by atoms with Gasteiger partial charge >= 0.3 is 0 Å². The Morgan fingerprint density at radius 1 is 1.15 bits per heavy atom. The van der Waals surface area contributed by atoms with Crippen molar-refractivity contribution in [3.05, 3.63) is 62.1 Å². The van der Waals surface area contributed by atoms with Gasteiger partial charge < -0.3 is 0 Å². The van der Waals surface area contributed by atoms with Crippen LogP contribution in [-0.2, 0) is 22.4 Å². The van der Waals surface area contributed by atoms with Gasteiger partial charge in [-0.05, 0) is 60.8 Å². The summed E-state index contributed by atoms with van der Waals surface area (Å²) in [4.78, 5) is 30.2. The molecule has 1 aliphatic heterocycles. The maximum atomic E-state index is 13.7. The van der Waals surface area contributed by atoms with Crippen LogP contribution in [0.4, 0.5) is 5.00 Å². The third kappa shape index (κ3) is 3.94. The third-order valence-corrected chi connectivity index (χ3v) is 8.62. The van der Waals surface area contributed by atoms with E-state index in [2.05, 4.69) is 19.9 Å². The van der Waals surface area contributed by atoms with Crippen LogP contribution >= 0.6 is 22.9 Å². The molecular formula is C27H27ClN2O2S. The van der Waals surface area contributed by atoms with Crippen molar-refractivity contribution >= 4 is 39.6 Å². The van der Waals surface area contributed by atoms with Crippen molar-refractivity contribution in [2.45, 2.75) is 71.1 Å². The van der Waals surface area contributed by atoms with E-state index in [4.69, 9.17) is 11.6 Å². The zero-order valence-electron chi connectivity index (χ0n) is 19.0. The van der Waals surface area contributed by atoms with E-state index in [0.717, 1.165) is 53.1 Å². The minimum absolute atomic E-state index is 0.0443. The first-order valence-corrected chi connectivity index (χ1v) is 12.9. The van der Waals surface area contributed by atoms with E-state index >= 15 is 0 Å². The molecule has 2 aliphatic carbocycles. The Labute approximate surface area is 203 Å². The van der Waals surface area contributed by atoms with Crippen molar-refractivity contribution in [1.82, 2.24) is 0 Å². The molecule has 0 unspecified atom stereocenters. The summed E-state index contributed by atoms with van der Waals surface area (Å²) < 4.78 is 0. The molecule has 1 atom stereocenters. The molecule has 0 fully saturated rings. The molecule has 0 saturated heterocycles. The Kier molecular flexibility index (Phi) is 5.71. The van der Waals surface area contributed by atoms with Gasteiger partial charge in [0.05, 0.1) is 5.56 Å². The first kappa shape index (κ1) is 22.4. The smallest absolute Gasteiger partial charge is 0.232 e. The lowest BCUT2D eigenvalue weighted by Gasteiger charge is -2.42. The zero-order valence-corrected chi connectivity index (χ0v) is 20.6. The van der Waals surface area contributed by atoms with Crippen LogP contribution in [0, 0.1) is 16.7 Å². The number of carbonyl (C=O) groups is 2. The van der Waals surface area contributed by atoms with Gasteiger partial charge in [0.2, 0.25) is 5.91 Å². The van der Waals surface area contributed by atoms with Crippen LogP contribution in [0.3, 0.4) is 0 Å². The lowest BCUT2D eigenvalue weighted by Crippen LogP contribution is -2.43. The topological polar surface area (TPSA) is 61.2 Å². The number of nitrogens with zero attached hydrogens (tertiary/aromatic N) is 2. The molecule has 170 valence electrons. The van der Waals surface area contributed by atoms with E-state index < -0.39 is 0 Å². The second-order valence-corrected chi connectivity index (χ2v) is 11.7. The first-order chi connectivity index (χ1) is 15.8. The molecule has 1 aromatic heterocycles. The van der Waals surface area contributed by atoms with Crippen molar-refractivity contribution in [2.75, 3.05) is 4.90 Å². The summed E-state index contributed by atoms with van der Waals surface area (Å²) >= 11 is 7.84. The summed E-state index contributed by atoms with van der Waals surface area (Å²) in [5.74, 6) is -0.244. The number of nitriles is 1. The zero-order chi connectivity index (χ0) is 23.3. The fourth-order valence-electron chi connectivity index (χ4n) is 5.66. The molecule has 2 aromatic rings. The molecule has 0 radical (unpaired) electrons. The maximum Gasteiger partial charge on any atom is 0.232 e. The van der Waals surface area contributed by atoms with Crippen molar-refractivity contribution in [3.63, 3.8) is 0 Å². The predicted molar refractivity (Wildman–Crippen MR) is 132 cm³/mol. The van der Waals surface area contributed by atoms with Crippen LogP contribution in [0.25, 0.3) is 0 Å². The molecule has 1 amide bonds. The number of rotatable bonds is 2. The SMILES string of the molecule is CC1(C)CC(=O)C2=C(C1)N(c1sc3c(c1C#N)CCCCC3)C(=O)C[C@H]2c1cccc(Cl)c1. The molecule has 3 aliphatic rings. The number of hydrogen-bond acceptors (Lipinski definition) is 4. The van der Waals surface area contributed by atoms with Gasteiger partial charge in [-0.1, -0.05) is 44.0 Å². The predicted octanol–water partition coefficient (Wildman–Crippen LogP) is 6.71. The van der Waals surface area contributed by atoms with Gasteiger partial charge in [0.15, 0.2) is 5.78 Å². The Balaban J connectivity index is 1.70. The molecule has 0 N–H and O–H groups in total. The molecule has 2 heterocycles. The highest BCUT2D eigenvalue weighted by Gasteiger charge is 2.45.